The van der Waals surface area contributed by atoms with Gasteiger partial charge in [0.15, 0.2) is 0 Å². The van der Waals surface area contributed by atoms with Crippen molar-refractivity contribution in [2.45, 2.75) is 38.5 Å². The first-order valence-electron chi connectivity index (χ1n) is 6.28. The van der Waals surface area contributed by atoms with E-state index in [4.69, 9.17) is 5.11 Å². The molecule has 0 spiro atoms. The van der Waals surface area contributed by atoms with E-state index in [0.717, 1.165) is 17.8 Å². The Balaban J connectivity index is 1.77. The molecule has 1 heterocycles. The normalized spacial score (nSPS) is 15.8. The summed E-state index contributed by atoms with van der Waals surface area (Å²) in [6, 6.07) is 3.15. The Hall–Kier alpha value is -1.36. The molecule has 0 unspecified atom stereocenters. The van der Waals surface area contributed by atoms with Crippen LogP contribution >= 0.6 is 11.3 Å². The molecule has 1 aliphatic carbocycles. The summed E-state index contributed by atoms with van der Waals surface area (Å²) in [7, 11) is 0. The molecular formula is C13H17NO3S. The highest BCUT2D eigenvalue weighted by molar-refractivity contribution is 7.18. The number of carboxylic acids is 1. The molecule has 98 valence electrons. The summed E-state index contributed by atoms with van der Waals surface area (Å²) in [5.74, 6) is -0.263. The van der Waals surface area contributed by atoms with E-state index >= 15 is 0 Å². The molecule has 1 fully saturated rings. The smallest absolute Gasteiger partial charge is 0.345 e. The largest absolute Gasteiger partial charge is 0.477 e. The molecule has 1 amide bonds. The number of thiophene rings is 1. The minimum atomic E-state index is -0.952. The van der Waals surface area contributed by atoms with Crippen LogP contribution in [0.2, 0.25) is 0 Å². The van der Waals surface area contributed by atoms with E-state index in [1.807, 2.05) is 0 Å². The van der Waals surface area contributed by atoms with Gasteiger partial charge in [0, 0.05) is 6.42 Å². The van der Waals surface area contributed by atoms with Crippen LogP contribution < -0.4 is 5.32 Å². The predicted molar refractivity (Wildman–Crippen MR) is 71.1 cm³/mol. The average molecular weight is 267 g/mol. The Kier molecular flexibility index (Phi) is 4.36. The zero-order chi connectivity index (χ0) is 13.0. The zero-order valence-electron chi connectivity index (χ0n) is 10.1. The molecule has 1 aromatic heterocycles. The van der Waals surface area contributed by atoms with Crippen molar-refractivity contribution >= 4 is 28.2 Å². The standard InChI is InChI=1S/C13H17NO3S/c15-11(7-5-9-3-1-2-4-9)14-12-8-6-10(18-12)13(16)17/h6,8-9H,1-5,7H2,(H,14,15)(H,16,17). The Morgan fingerprint density at radius 1 is 1.33 bits per heavy atom. The Bertz CT molecular complexity index is 435. The van der Waals surface area contributed by atoms with Gasteiger partial charge in [-0.15, -0.1) is 11.3 Å². The Labute approximate surface area is 110 Å². The lowest BCUT2D eigenvalue weighted by Gasteiger charge is -2.07. The number of carboxylic acid groups (broad SMARTS) is 1. The van der Waals surface area contributed by atoms with E-state index in [1.54, 1.807) is 6.07 Å². The number of hydrogen-bond acceptors (Lipinski definition) is 3. The van der Waals surface area contributed by atoms with E-state index in [-0.39, 0.29) is 10.8 Å². The van der Waals surface area contributed by atoms with Gasteiger partial charge in [-0.3, -0.25) is 4.79 Å². The molecule has 1 saturated carbocycles. The number of anilines is 1. The molecule has 2 N–H and O–H groups in total. The molecule has 0 bridgehead atoms. The number of amides is 1. The molecule has 0 radical (unpaired) electrons. The molecule has 0 saturated heterocycles. The van der Waals surface area contributed by atoms with E-state index < -0.39 is 5.97 Å². The van der Waals surface area contributed by atoms with Gasteiger partial charge in [-0.05, 0) is 24.5 Å². The van der Waals surface area contributed by atoms with Crippen molar-refractivity contribution in [3.05, 3.63) is 17.0 Å². The van der Waals surface area contributed by atoms with Crippen molar-refractivity contribution < 1.29 is 14.7 Å². The summed E-state index contributed by atoms with van der Waals surface area (Å²) in [6.45, 7) is 0. The lowest BCUT2D eigenvalue weighted by atomic mass is 10.0. The number of hydrogen-bond donors (Lipinski definition) is 2. The molecule has 18 heavy (non-hydrogen) atoms. The fraction of sp³-hybridized carbons (Fsp3) is 0.538. The maximum atomic E-state index is 11.7. The highest BCUT2D eigenvalue weighted by Gasteiger charge is 2.16. The monoisotopic (exact) mass is 267 g/mol. The van der Waals surface area contributed by atoms with Gasteiger partial charge < -0.3 is 10.4 Å². The fourth-order valence-corrected chi connectivity index (χ4v) is 3.12. The van der Waals surface area contributed by atoms with Gasteiger partial charge in [0.2, 0.25) is 5.91 Å². The van der Waals surface area contributed by atoms with E-state index in [2.05, 4.69) is 5.32 Å². The third-order valence-electron chi connectivity index (χ3n) is 3.33. The van der Waals surface area contributed by atoms with Crippen LogP contribution in [-0.2, 0) is 4.79 Å². The Morgan fingerprint density at radius 2 is 2.06 bits per heavy atom. The van der Waals surface area contributed by atoms with Gasteiger partial charge in [0.05, 0.1) is 5.00 Å². The first kappa shape index (κ1) is 13.1. The SMILES string of the molecule is O=C(CCC1CCCC1)Nc1ccc(C(=O)O)s1. The molecule has 1 aliphatic rings. The molecule has 5 heteroatoms. The van der Waals surface area contributed by atoms with Crippen LogP contribution in [0.3, 0.4) is 0 Å². The summed E-state index contributed by atoms with van der Waals surface area (Å²) in [4.78, 5) is 22.6. The van der Waals surface area contributed by atoms with Crippen molar-refractivity contribution in [1.29, 1.82) is 0 Å². The first-order chi connectivity index (χ1) is 8.65. The topological polar surface area (TPSA) is 66.4 Å². The van der Waals surface area contributed by atoms with Crippen LogP contribution in [0, 0.1) is 5.92 Å². The van der Waals surface area contributed by atoms with Crippen LogP contribution in [0.15, 0.2) is 12.1 Å². The number of nitrogens with one attached hydrogen (secondary N) is 1. The van der Waals surface area contributed by atoms with Gasteiger partial charge >= 0.3 is 5.97 Å². The third kappa shape index (κ3) is 3.57. The first-order valence-corrected chi connectivity index (χ1v) is 7.10. The molecule has 0 aromatic carbocycles. The van der Waals surface area contributed by atoms with Gasteiger partial charge in [0.25, 0.3) is 0 Å². The number of aromatic carboxylic acids is 1. The summed E-state index contributed by atoms with van der Waals surface area (Å²) >= 11 is 1.10. The van der Waals surface area contributed by atoms with Gasteiger partial charge in [-0.1, -0.05) is 25.7 Å². The second kappa shape index (κ2) is 6.00. The maximum absolute atomic E-state index is 11.7. The van der Waals surface area contributed by atoms with Crippen molar-refractivity contribution in [3.63, 3.8) is 0 Å². The Morgan fingerprint density at radius 3 is 2.67 bits per heavy atom. The van der Waals surface area contributed by atoms with Crippen molar-refractivity contribution in [2.24, 2.45) is 5.92 Å². The fourth-order valence-electron chi connectivity index (χ4n) is 2.35. The summed E-state index contributed by atoms with van der Waals surface area (Å²) in [5.41, 5.74) is 0. The van der Waals surface area contributed by atoms with E-state index in [1.165, 1.54) is 31.7 Å². The van der Waals surface area contributed by atoms with Gasteiger partial charge in [-0.25, -0.2) is 4.79 Å². The highest BCUT2D eigenvalue weighted by atomic mass is 32.1. The van der Waals surface area contributed by atoms with Gasteiger partial charge in [0.1, 0.15) is 4.88 Å². The molecule has 0 atom stereocenters. The molecule has 1 aromatic rings. The molecule has 2 rings (SSSR count). The number of rotatable bonds is 5. The molecule has 4 nitrogen and oxygen atoms in total. The quantitative estimate of drug-likeness (QED) is 0.859. The number of carbonyl (C=O) groups is 2. The summed E-state index contributed by atoms with van der Waals surface area (Å²) in [6.07, 6.45) is 6.55. The summed E-state index contributed by atoms with van der Waals surface area (Å²) in [5, 5.41) is 12.1. The van der Waals surface area contributed by atoms with Gasteiger partial charge in [-0.2, -0.15) is 0 Å². The minimum absolute atomic E-state index is 0.0133. The predicted octanol–water partition coefficient (Wildman–Crippen LogP) is 3.36. The maximum Gasteiger partial charge on any atom is 0.345 e. The summed E-state index contributed by atoms with van der Waals surface area (Å²) < 4.78 is 0. The minimum Gasteiger partial charge on any atom is -0.477 e. The molecular weight excluding hydrogens is 250 g/mol. The average Bonchev–Trinajstić information content (AvgIpc) is 2.96. The second-order valence-corrected chi connectivity index (χ2v) is 5.79. The van der Waals surface area contributed by atoms with E-state index in [0.29, 0.717) is 17.3 Å². The van der Waals surface area contributed by atoms with Crippen LogP contribution in [0.25, 0.3) is 0 Å². The van der Waals surface area contributed by atoms with Crippen LogP contribution in [0.5, 0.6) is 0 Å². The highest BCUT2D eigenvalue weighted by Crippen LogP contribution is 2.29. The number of carbonyl (C=O) groups excluding carboxylic acids is 1. The van der Waals surface area contributed by atoms with Crippen LogP contribution in [0.4, 0.5) is 5.00 Å². The van der Waals surface area contributed by atoms with Crippen molar-refractivity contribution in [3.8, 4) is 0 Å². The zero-order valence-corrected chi connectivity index (χ0v) is 11.0. The second-order valence-electron chi connectivity index (χ2n) is 4.71. The van der Waals surface area contributed by atoms with E-state index in [9.17, 15) is 9.59 Å². The molecule has 0 aliphatic heterocycles. The lowest BCUT2D eigenvalue weighted by molar-refractivity contribution is -0.116. The third-order valence-corrected chi connectivity index (χ3v) is 4.32. The lowest BCUT2D eigenvalue weighted by Crippen LogP contribution is -2.11. The van der Waals surface area contributed by atoms with Crippen molar-refractivity contribution in [1.82, 2.24) is 0 Å². The van der Waals surface area contributed by atoms with Crippen molar-refractivity contribution in [2.75, 3.05) is 5.32 Å². The van der Waals surface area contributed by atoms with Crippen LogP contribution in [-0.4, -0.2) is 17.0 Å². The van der Waals surface area contributed by atoms with Crippen LogP contribution in [0.1, 0.15) is 48.2 Å².